The van der Waals surface area contributed by atoms with E-state index in [-0.39, 0.29) is 0 Å². The Balaban J connectivity index is 1.42. The summed E-state index contributed by atoms with van der Waals surface area (Å²) in [5.41, 5.74) is 0. The third kappa shape index (κ3) is 3.06. The van der Waals surface area contributed by atoms with Crippen molar-refractivity contribution in [1.82, 2.24) is 10.2 Å². The Bertz CT molecular complexity index is 251. The van der Waals surface area contributed by atoms with Crippen LogP contribution in [0.1, 0.15) is 51.4 Å². The lowest BCUT2D eigenvalue weighted by Gasteiger charge is -2.44. The Morgan fingerprint density at radius 1 is 1.00 bits per heavy atom. The Kier molecular flexibility index (Phi) is 4.55. The molecular weight excluding hydrogens is 224 g/mol. The SMILES string of the molecule is C1CCC(NCCN2CCOC3CCCCC32)C1. The molecule has 1 heterocycles. The fourth-order valence-corrected chi connectivity index (χ4v) is 4.00. The standard InChI is InChI=1S/C15H28N2O/c1-2-6-13(5-1)16-9-10-17-11-12-18-15-8-4-3-7-14(15)17/h13-16H,1-12H2. The van der Waals surface area contributed by atoms with Crippen LogP contribution in [0.4, 0.5) is 0 Å². The summed E-state index contributed by atoms with van der Waals surface area (Å²) in [6.07, 6.45) is 11.6. The molecule has 2 unspecified atom stereocenters. The summed E-state index contributed by atoms with van der Waals surface area (Å²) < 4.78 is 5.93. The number of fused-ring (bicyclic) bond motifs is 1. The molecule has 2 atom stereocenters. The van der Waals surface area contributed by atoms with Gasteiger partial charge in [0.25, 0.3) is 0 Å². The minimum Gasteiger partial charge on any atom is -0.375 e. The van der Waals surface area contributed by atoms with E-state index in [1.54, 1.807) is 0 Å². The topological polar surface area (TPSA) is 24.5 Å². The lowest BCUT2D eigenvalue weighted by molar-refractivity contribution is -0.0874. The van der Waals surface area contributed by atoms with Gasteiger partial charge in [0.2, 0.25) is 0 Å². The maximum absolute atomic E-state index is 5.93. The first-order valence-corrected chi connectivity index (χ1v) is 8.02. The van der Waals surface area contributed by atoms with E-state index in [0.717, 1.165) is 25.2 Å². The molecule has 3 aliphatic rings. The van der Waals surface area contributed by atoms with Crippen LogP contribution in [-0.4, -0.2) is 49.3 Å². The van der Waals surface area contributed by atoms with E-state index in [0.29, 0.717) is 6.10 Å². The molecule has 18 heavy (non-hydrogen) atoms. The predicted octanol–water partition coefficient (Wildman–Crippen LogP) is 2.16. The minimum absolute atomic E-state index is 0.541. The number of hydrogen-bond donors (Lipinski definition) is 1. The van der Waals surface area contributed by atoms with Crippen LogP contribution >= 0.6 is 0 Å². The van der Waals surface area contributed by atoms with Gasteiger partial charge < -0.3 is 10.1 Å². The first kappa shape index (κ1) is 12.9. The van der Waals surface area contributed by atoms with Gasteiger partial charge in [-0.1, -0.05) is 25.7 Å². The highest BCUT2D eigenvalue weighted by Crippen LogP contribution is 2.28. The molecule has 3 nitrogen and oxygen atoms in total. The molecule has 3 heteroatoms. The predicted molar refractivity (Wildman–Crippen MR) is 73.8 cm³/mol. The third-order valence-electron chi connectivity index (χ3n) is 5.03. The second kappa shape index (κ2) is 6.36. The van der Waals surface area contributed by atoms with Crippen LogP contribution in [0, 0.1) is 0 Å². The van der Waals surface area contributed by atoms with Crippen molar-refractivity contribution in [1.29, 1.82) is 0 Å². The lowest BCUT2D eigenvalue weighted by Crippen LogP contribution is -2.54. The summed E-state index contributed by atoms with van der Waals surface area (Å²) in [7, 11) is 0. The lowest BCUT2D eigenvalue weighted by atomic mass is 9.90. The molecule has 1 saturated heterocycles. The molecule has 0 radical (unpaired) electrons. The molecule has 2 saturated carbocycles. The number of nitrogens with one attached hydrogen (secondary N) is 1. The first-order valence-electron chi connectivity index (χ1n) is 8.02. The zero-order valence-corrected chi connectivity index (χ0v) is 11.6. The average molecular weight is 252 g/mol. The second-order valence-electron chi connectivity index (χ2n) is 6.23. The Labute approximate surface area is 111 Å². The van der Waals surface area contributed by atoms with Gasteiger partial charge in [0.15, 0.2) is 0 Å². The quantitative estimate of drug-likeness (QED) is 0.830. The van der Waals surface area contributed by atoms with Gasteiger partial charge in [-0.3, -0.25) is 4.90 Å². The summed E-state index contributed by atoms with van der Waals surface area (Å²) in [6, 6.07) is 1.53. The Morgan fingerprint density at radius 3 is 2.67 bits per heavy atom. The van der Waals surface area contributed by atoms with Gasteiger partial charge in [-0.25, -0.2) is 0 Å². The zero-order valence-electron chi connectivity index (χ0n) is 11.6. The van der Waals surface area contributed by atoms with Crippen molar-refractivity contribution in [3.8, 4) is 0 Å². The van der Waals surface area contributed by atoms with Crippen molar-refractivity contribution in [2.24, 2.45) is 0 Å². The van der Waals surface area contributed by atoms with E-state index < -0.39 is 0 Å². The fourth-order valence-electron chi connectivity index (χ4n) is 4.00. The molecule has 1 N–H and O–H groups in total. The van der Waals surface area contributed by atoms with E-state index in [9.17, 15) is 0 Å². The molecule has 0 amide bonds. The van der Waals surface area contributed by atoms with Gasteiger partial charge >= 0.3 is 0 Å². The number of ether oxygens (including phenoxy) is 1. The third-order valence-corrected chi connectivity index (χ3v) is 5.03. The molecule has 0 aromatic heterocycles. The molecule has 0 spiro atoms. The normalized spacial score (nSPS) is 34.7. The van der Waals surface area contributed by atoms with Gasteiger partial charge in [0.05, 0.1) is 12.7 Å². The van der Waals surface area contributed by atoms with Gasteiger partial charge in [-0.05, 0) is 25.7 Å². The molecule has 2 aliphatic carbocycles. The zero-order chi connectivity index (χ0) is 12.2. The number of nitrogens with zero attached hydrogens (tertiary/aromatic N) is 1. The van der Waals surface area contributed by atoms with E-state index >= 15 is 0 Å². The first-order chi connectivity index (χ1) is 8.93. The fraction of sp³-hybridized carbons (Fsp3) is 1.00. The molecule has 0 aromatic carbocycles. The van der Waals surface area contributed by atoms with E-state index in [2.05, 4.69) is 10.2 Å². The Morgan fingerprint density at radius 2 is 1.78 bits per heavy atom. The maximum Gasteiger partial charge on any atom is 0.0730 e. The number of morpholine rings is 1. The monoisotopic (exact) mass is 252 g/mol. The molecule has 0 aromatic rings. The van der Waals surface area contributed by atoms with Crippen molar-refractivity contribution in [2.75, 3.05) is 26.2 Å². The number of hydrogen-bond acceptors (Lipinski definition) is 3. The molecular formula is C15H28N2O. The highest BCUT2D eigenvalue weighted by Gasteiger charge is 2.33. The molecule has 3 rings (SSSR count). The van der Waals surface area contributed by atoms with Gasteiger partial charge in [0.1, 0.15) is 0 Å². The highest BCUT2D eigenvalue weighted by atomic mass is 16.5. The van der Waals surface area contributed by atoms with E-state index in [1.807, 2.05) is 0 Å². The van der Waals surface area contributed by atoms with Crippen LogP contribution in [0.15, 0.2) is 0 Å². The van der Waals surface area contributed by atoms with Crippen LogP contribution < -0.4 is 5.32 Å². The van der Waals surface area contributed by atoms with E-state index in [1.165, 1.54) is 64.5 Å². The van der Waals surface area contributed by atoms with Crippen LogP contribution in [0.25, 0.3) is 0 Å². The number of rotatable bonds is 4. The highest BCUT2D eigenvalue weighted by molar-refractivity contribution is 4.87. The van der Waals surface area contributed by atoms with Crippen molar-refractivity contribution in [3.63, 3.8) is 0 Å². The summed E-state index contributed by atoms with van der Waals surface area (Å²) in [6.45, 7) is 4.49. The molecule has 3 fully saturated rings. The molecule has 1 aliphatic heterocycles. The smallest absolute Gasteiger partial charge is 0.0730 e. The summed E-state index contributed by atoms with van der Waals surface area (Å²) >= 11 is 0. The summed E-state index contributed by atoms with van der Waals surface area (Å²) in [5, 5.41) is 3.74. The van der Waals surface area contributed by atoms with Crippen LogP contribution in [-0.2, 0) is 4.74 Å². The van der Waals surface area contributed by atoms with Crippen molar-refractivity contribution in [2.45, 2.75) is 69.6 Å². The van der Waals surface area contributed by atoms with Crippen molar-refractivity contribution >= 4 is 0 Å². The van der Waals surface area contributed by atoms with E-state index in [4.69, 9.17) is 4.74 Å². The molecule has 104 valence electrons. The largest absolute Gasteiger partial charge is 0.375 e. The van der Waals surface area contributed by atoms with Crippen LogP contribution in [0.2, 0.25) is 0 Å². The van der Waals surface area contributed by atoms with Gasteiger partial charge in [0, 0.05) is 31.7 Å². The van der Waals surface area contributed by atoms with Crippen LogP contribution in [0.5, 0.6) is 0 Å². The second-order valence-corrected chi connectivity index (χ2v) is 6.23. The minimum atomic E-state index is 0.541. The van der Waals surface area contributed by atoms with Gasteiger partial charge in [-0.15, -0.1) is 0 Å². The average Bonchev–Trinajstić information content (AvgIpc) is 2.92. The maximum atomic E-state index is 5.93. The van der Waals surface area contributed by atoms with Crippen molar-refractivity contribution in [3.05, 3.63) is 0 Å². The molecule has 0 bridgehead atoms. The van der Waals surface area contributed by atoms with Crippen molar-refractivity contribution < 1.29 is 4.74 Å². The Hall–Kier alpha value is -0.120. The van der Waals surface area contributed by atoms with Crippen LogP contribution in [0.3, 0.4) is 0 Å². The summed E-state index contributed by atoms with van der Waals surface area (Å²) in [4.78, 5) is 2.69. The summed E-state index contributed by atoms with van der Waals surface area (Å²) in [5.74, 6) is 0. The van der Waals surface area contributed by atoms with Gasteiger partial charge in [-0.2, -0.15) is 0 Å².